The van der Waals surface area contributed by atoms with Crippen LogP contribution in [0, 0.1) is 5.92 Å². The van der Waals surface area contributed by atoms with Crippen LogP contribution in [0.1, 0.15) is 37.8 Å². The number of carboxylic acids is 1. The number of alkyl halides is 2. The minimum absolute atomic E-state index is 0.00363. The van der Waals surface area contributed by atoms with Crippen molar-refractivity contribution in [2.45, 2.75) is 39.0 Å². The summed E-state index contributed by atoms with van der Waals surface area (Å²) < 4.78 is 27.2. The van der Waals surface area contributed by atoms with Crippen molar-refractivity contribution in [1.82, 2.24) is 0 Å². The predicted octanol–water partition coefficient (Wildman–Crippen LogP) is 3.84. The van der Waals surface area contributed by atoms with E-state index < -0.39 is 17.8 Å². The predicted molar refractivity (Wildman–Crippen MR) is 65.7 cm³/mol. The highest BCUT2D eigenvalue weighted by molar-refractivity contribution is 5.69. The van der Waals surface area contributed by atoms with Crippen molar-refractivity contribution in [2.75, 3.05) is 0 Å². The maximum atomic E-state index is 13.6. The number of rotatable bonds is 6. The molecule has 0 heterocycles. The van der Waals surface area contributed by atoms with Gasteiger partial charge in [0.2, 0.25) is 0 Å². The van der Waals surface area contributed by atoms with Crippen LogP contribution in [0.3, 0.4) is 0 Å². The molecule has 0 saturated heterocycles. The molecule has 1 aromatic rings. The lowest BCUT2D eigenvalue weighted by atomic mass is 9.97. The van der Waals surface area contributed by atoms with E-state index in [4.69, 9.17) is 5.11 Å². The van der Waals surface area contributed by atoms with Crippen LogP contribution in [0.5, 0.6) is 0 Å². The van der Waals surface area contributed by atoms with Gasteiger partial charge < -0.3 is 5.11 Å². The maximum Gasteiger partial charge on any atom is 0.306 e. The van der Waals surface area contributed by atoms with Gasteiger partial charge in [-0.05, 0) is 12.0 Å². The molecule has 100 valence electrons. The van der Waals surface area contributed by atoms with Crippen molar-refractivity contribution in [2.24, 2.45) is 5.92 Å². The molecule has 2 nitrogen and oxygen atoms in total. The molecular formula is C14H18F2O2. The second-order valence-electron chi connectivity index (χ2n) is 4.59. The molecular weight excluding hydrogens is 238 g/mol. The van der Waals surface area contributed by atoms with Crippen LogP contribution in [-0.4, -0.2) is 11.1 Å². The highest BCUT2D eigenvalue weighted by Crippen LogP contribution is 2.32. The zero-order valence-electron chi connectivity index (χ0n) is 10.6. The molecule has 0 radical (unpaired) electrons. The number of carboxylic acid groups (broad SMARTS) is 1. The Labute approximate surface area is 106 Å². The van der Waals surface area contributed by atoms with Gasteiger partial charge in [0.1, 0.15) is 0 Å². The summed E-state index contributed by atoms with van der Waals surface area (Å²) in [5, 5.41) is 8.78. The smallest absolute Gasteiger partial charge is 0.306 e. The van der Waals surface area contributed by atoms with Crippen LogP contribution >= 0.6 is 0 Å². The number of hydrogen-bond acceptors (Lipinski definition) is 1. The fourth-order valence-electron chi connectivity index (χ4n) is 1.78. The van der Waals surface area contributed by atoms with E-state index >= 15 is 0 Å². The monoisotopic (exact) mass is 256 g/mol. The van der Waals surface area contributed by atoms with Gasteiger partial charge in [0, 0.05) is 12.0 Å². The van der Waals surface area contributed by atoms with Gasteiger partial charge in [-0.25, -0.2) is 8.78 Å². The molecule has 1 N–H and O–H groups in total. The van der Waals surface area contributed by atoms with E-state index in [1.807, 2.05) is 0 Å². The standard InChI is InChI=1S/C14H18F2O2/c1-3-8-14(15,16)12-6-4-11(5-7-12)9-10(2)13(17)18/h4-7,10H,3,8-9H2,1-2H3,(H,17,18). The average molecular weight is 256 g/mol. The molecule has 0 aliphatic rings. The van der Waals surface area contributed by atoms with Crippen molar-refractivity contribution in [1.29, 1.82) is 0 Å². The van der Waals surface area contributed by atoms with Crippen LogP contribution in [0.15, 0.2) is 24.3 Å². The maximum absolute atomic E-state index is 13.6. The summed E-state index contributed by atoms with van der Waals surface area (Å²) >= 11 is 0. The first-order valence-corrected chi connectivity index (χ1v) is 6.07. The lowest BCUT2D eigenvalue weighted by Gasteiger charge is -2.16. The second-order valence-corrected chi connectivity index (χ2v) is 4.59. The molecule has 1 atom stereocenters. The van der Waals surface area contributed by atoms with Gasteiger partial charge in [-0.1, -0.05) is 44.5 Å². The summed E-state index contributed by atoms with van der Waals surface area (Å²) in [7, 11) is 0. The van der Waals surface area contributed by atoms with Gasteiger partial charge in [-0.2, -0.15) is 0 Å². The third-order valence-electron chi connectivity index (χ3n) is 2.90. The van der Waals surface area contributed by atoms with Gasteiger partial charge in [-0.15, -0.1) is 0 Å². The zero-order chi connectivity index (χ0) is 13.8. The lowest BCUT2D eigenvalue weighted by Crippen LogP contribution is -2.14. The van der Waals surface area contributed by atoms with Crippen molar-refractivity contribution >= 4 is 5.97 Å². The largest absolute Gasteiger partial charge is 0.481 e. The Morgan fingerprint density at radius 1 is 1.33 bits per heavy atom. The van der Waals surface area contributed by atoms with Gasteiger partial charge in [0.25, 0.3) is 5.92 Å². The van der Waals surface area contributed by atoms with Gasteiger partial charge in [-0.3, -0.25) is 4.79 Å². The van der Waals surface area contributed by atoms with Crippen LogP contribution < -0.4 is 0 Å². The van der Waals surface area contributed by atoms with Crippen molar-refractivity contribution in [3.63, 3.8) is 0 Å². The van der Waals surface area contributed by atoms with Gasteiger partial charge >= 0.3 is 5.97 Å². The normalized spacial score (nSPS) is 13.3. The second kappa shape index (κ2) is 5.94. The molecule has 1 unspecified atom stereocenters. The first-order chi connectivity index (χ1) is 8.36. The van der Waals surface area contributed by atoms with Crippen molar-refractivity contribution in [3.05, 3.63) is 35.4 Å². The lowest BCUT2D eigenvalue weighted by molar-refractivity contribution is -0.141. The quantitative estimate of drug-likeness (QED) is 0.839. The third-order valence-corrected chi connectivity index (χ3v) is 2.90. The SMILES string of the molecule is CCCC(F)(F)c1ccc(CC(C)C(=O)O)cc1. The van der Waals surface area contributed by atoms with E-state index in [1.54, 1.807) is 26.0 Å². The van der Waals surface area contributed by atoms with E-state index in [0.29, 0.717) is 12.8 Å². The highest BCUT2D eigenvalue weighted by atomic mass is 19.3. The van der Waals surface area contributed by atoms with E-state index in [9.17, 15) is 13.6 Å². The Kier molecular flexibility index (Phi) is 4.82. The summed E-state index contributed by atoms with van der Waals surface area (Å²) in [5.74, 6) is -4.19. The van der Waals surface area contributed by atoms with Crippen molar-refractivity contribution < 1.29 is 18.7 Å². The Morgan fingerprint density at radius 3 is 2.33 bits per heavy atom. The summed E-state index contributed by atoms with van der Waals surface area (Å²) in [5.41, 5.74) is 0.761. The van der Waals surface area contributed by atoms with E-state index in [2.05, 4.69) is 0 Å². The van der Waals surface area contributed by atoms with E-state index in [-0.39, 0.29) is 12.0 Å². The van der Waals surface area contributed by atoms with Crippen LogP contribution in [0.25, 0.3) is 0 Å². The summed E-state index contributed by atoms with van der Waals surface area (Å²) in [6.45, 7) is 3.32. The summed E-state index contributed by atoms with van der Waals surface area (Å²) in [6, 6.07) is 5.94. The molecule has 1 rings (SSSR count). The number of aliphatic carboxylic acids is 1. The molecule has 0 aliphatic heterocycles. The molecule has 18 heavy (non-hydrogen) atoms. The molecule has 0 saturated carbocycles. The minimum atomic E-state index is -2.80. The summed E-state index contributed by atoms with van der Waals surface area (Å²) in [4.78, 5) is 10.7. The molecule has 1 aromatic carbocycles. The number of halogens is 2. The first kappa shape index (κ1) is 14.6. The fraction of sp³-hybridized carbons (Fsp3) is 0.500. The first-order valence-electron chi connectivity index (χ1n) is 6.07. The Morgan fingerprint density at radius 2 is 1.89 bits per heavy atom. The number of hydrogen-bond donors (Lipinski definition) is 1. The molecule has 4 heteroatoms. The topological polar surface area (TPSA) is 37.3 Å². The zero-order valence-corrected chi connectivity index (χ0v) is 10.6. The molecule has 0 fully saturated rings. The van der Waals surface area contributed by atoms with Crippen LogP contribution in [0.4, 0.5) is 8.78 Å². The average Bonchev–Trinajstić information content (AvgIpc) is 2.29. The molecule has 0 spiro atoms. The Balaban J connectivity index is 2.77. The van der Waals surface area contributed by atoms with E-state index in [1.165, 1.54) is 12.1 Å². The van der Waals surface area contributed by atoms with Crippen LogP contribution in [-0.2, 0) is 17.1 Å². The number of benzene rings is 1. The molecule has 0 aliphatic carbocycles. The van der Waals surface area contributed by atoms with Crippen molar-refractivity contribution in [3.8, 4) is 0 Å². The Bertz CT molecular complexity index is 399. The number of carbonyl (C=O) groups is 1. The molecule has 0 bridgehead atoms. The molecule has 0 amide bonds. The summed E-state index contributed by atoms with van der Waals surface area (Å²) in [6.07, 6.45) is 0.609. The van der Waals surface area contributed by atoms with E-state index in [0.717, 1.165) is 5.56 Å². The molecule has 0 aromatic heterocycles. The minimum Gasteiger partial charge on any atom is -0.481 e. The highest BCUT2D eigenvalue weighted by Gasteiger charge is 2.29. The van der Waals surface area contributed by atoms with Gasteiger partial charge in [0.15, 0.2) is 0 Å². The Hall–Kier alpha value is -1.45. The van der Waals surface area contributed by atoms with Gasteiger partial charge in [0.05, 0.1) is 5.92 Å². The van der Waals surface area contributed by atoms with Crippen LogP contribution in [0.2, 0.25) is 0 Å². The fourth-order valence-corrected chi connectivity index (χ4v) is 1.78. The third kappa shape index (κ3) is 3.79.